The Balaban J connectivity index is 2.35. The van der Waals surface area contributed by atoms with Crippen LogP contribution >= 0.6 is 0 Å². The first kappa shape index (κ1) is 16.2. The minimum Gasteiger partial charge on any atom is -0.314 e. The third-order valence-electron chi connectivity index (χ3n) is 4.00. The lowest BCUT2D eigenvalue weighted by Gasteiger charge is -2.34. The van der Waals surface area contributed by atoms with Crippen LogP contribution in [0.25, 0.3) is 0 Å². The third-order valence-corrected chi connectivity index (χ3v) is 4.00. The molecule has 2 N–H and O–H groups in total. The van der Waals surface area contributed by atoms with Crippen LogP contribution in [0.1, 0.15) is 58.1 Å². The van der Waals surface area contributed by atoms with Crippen LogP contribution in [-0.2, 0) is 5.41 Å². The van der Waals surface area contributed by atoms with Gasteiger partial charge >= 0.3 is 0 Å². The molecule has 5 nitrogen and oxygen atoms in total. The minimum absolute atomic E-state index is 0.0406. The molecule has 1 atom stereocenters. The maximum Gasteiger partial charge on any atom is 0.251 e. The quantitative estimate of drug-likeness (QED) is 0.888. The lowest BCUT2D eigenvalue weighted by atomic mass is 9.92. The predicted octanol–water partition coefficient (Wildman–Crippen LogP) is 1.81. The van der Waals surface area contributed by atoms with Crippen molar-refractivity contribution in [2.75, 3.05) is 26.2 Å². The van der Waals surface area contributed by atoms with E-state index in [0.29, 0.717) is 0 Å². The number of aromatic amines is 1. The van der Waals surface area contributed by atoms with Crippen LogP contribution in [0.15, 0.2) is 10.9 Å². The molecule has 1 aliphatic rings. The summed E-state index contributed by atoms with van der Waals surface area (Å²) >= 11 is 0. The minimum atomic E-state index is -0.108. The molecule has 1 aliphatic heterocycles. The van der Waals surface area contributed by atoms with E-state index in [9.17, 15) is 4.79 Å². The van der Waals surface area contributed by atoms with Crippen LogP contribution in [0.3, 0.4) is 0 Å². The Morgan fingerprint density at radius 3 is 2.57 bits per heavy atom. The molecule has 0 bridgehead atoms. The average Bonchev–Trinajstić information content (AvgIpc) is 2.44. The van der Waals surface area contributed by atoms with Crippen molar-refractivity contribution in [2.24, 2.45) is 0 Å². The molecule has 0 spiro atoms. The smallest absolute Gasteiger partial charge is 0.251 e. The molecule has 1 aromatic rings. The fraction of sp³-hybridized carbons (Fsp3) is 0.750. The summed E-state index contributed by atoms with van der Waals surface area (Å²) in [5, 5.41) is 3.38. The molecule has 0 aliphatic carbocycles. The Hall–Kier alpha value is -1.20. The van der Waals surface area contributed by atoms with Crippen molar-refractivity contribution in [3.63, 3.8) is 0 Å². The number of hydrogen-bond donors (Lipinski definition) is 2. The number of hydrogen-bond acceptors (Lipinski definition) is 4. The average molecular weight is 292 g/mol. The van der Waals surface area contributed by atoms with Gasteiger partial charge in [0.2, 0.25) is 0 Å². The molecule has 118 valence electrons. The van der Waals surface area contributed by atoms with E-state index in [2.05, 4.69) is 42.9 Å². The Morgan fingerprint density at radius 2 is 2.00 bits per heavy atom. The van der Waals surface area contributed by atoms with Gasteiger partial charge in [-0.25, -0.2) is 4.98 Å². The second-order valence-electron chi connectivity index (χ2n) is 6.86. The van der Waals surface area contributed by atoms with Gasteiger partial charge in [-0.05, 0) is 6.42 Å². The van der Waals surface area contributed by atoms with Crippen LogP contribution in [0, 0.1) is 0 Å². The maximum absolute atomic E-state index is 12.0. The van der Waals surface area contributed by atoms with Crippen molar-refractivity contribution in [1.29, 1.82) is 0 Å². The molecule has 0 saturated carbocycles. The van der Waals surface area contributed by atoms with Gasteiger partial charge in [0.1, 0.15) is 5.82 Å². The Labute approximate surface area is 127 Å². The molecule has 2 rings (SSSR count). The SMILES string of the molecule is CCCC(c1nc(C(C)(C)C)cc(=O)[nH]1)N1CCNCC1. The van der Waals surface area contributed by atoms with Crippen molar-refractivity contribution >= 4 is 0 Å². The summed E-state index contributed by atoms with van der Waals surface area (Å²) in [5.41, 5.74) is 0.724. The standard InChI is InChI=1S/C16H28N4O/c1-5-6-12(20-9-7-17-8-10-20)15-18-13(16(2,3)4)11-14(21)19-15/h11-12,17H,5-10H2,1-4H3,(H,18,19,21). The van der Waals surface area contributed by atoms with E-state index in [1.54, 1.807) is 6.07 Å². The van der Waals surface area contributed by atoms with E-state index in [0.717, 1.165) is 50.5 Å². The van der Waals surface area contributed by atoms with E-state index in [1.807, 2.05) is 0 Å². The Kier molecular flexibility index (Phi) is 5.17. The van der Waals surface area contributed by atoms with Crippen LogP contribution < -0.4 is 10.9 Å². The summed E-state index contributed by atoms with van der Waals surface area (Å²) in [6.07, 6.45) is 2.11. The van der Waals surface area contributed by atoms with Crippen molar-refractivity contribution in [3.8, 4) is 0 Å². The molecule has 1 unspecified atom stereocenters. The van der Waals surface area contributed by atoms with E-state index in [4.69, 9.17) is 4.98 Å². The number of rotatable bonds is 4. The monoisotopic (exact) mass is 292 g/mol. The largest absolute Gasteiger partial charge is 0.314 e. The van der Waals surface area contributed by atoms with E-state index < -0.39 is 0 Å². The maximum atomic E-state index is 12.0. The van der Waals surface area contributed by atoms with Crippen LogP contribution in [0.5, 0.6) is 0 Å². The highest BCUT2D eigenvalue weighted by Gasteiger charge is 2.25. The first-order chi connectivity index (χ1) is 9.91. The summed E-state index contributed by atoms with van der Waals surface area (Å²) in [7, 11) is 0. The molecular weight excluding hydrogens is 264 g/mol. The third kappa shape index (κ3) is 4.14. The highest BCUT2D eigenvalue weighted by molar-refractivity contribution is 5.14. The highest BCUT2D eigenvalue weighted by Crippen LogP contribution is 2.25. The number of aromatic nitrogens is 2. The van der Waals surface area contributed by atoms with E-state index >= 15 is 0 Å². The van der Waals surface area contributed by atoms with Gasteiger partial charge in [0.15, 0.2) is 0 Å². The first-order valence-electron chi connectivity index (χ1n) is 7.98. The molecule has 1 fully saturated rings. The van der Waals surface area contributed by atoms with Crippen molar-refractivity contribution < 1.29 is 0 Å². The zero-order valence-electron chi connectivity index (χ0n) is 13.7. The molecule has 0 amide bonds. The van der Waals surface area contributed by atoms with Crippen LogP contribution in [-0.4, -0.2) is 41.0 Å². The second-order valence-corrected chi connectivity index (χ2v) is 6.86. The van der Waals surface area contributed by atoms with Gasteiger partial charge in [-0.15, -0.1) is 0 Å². The summed E-state index contributed by atoms with van der Waals surface area (Å²) < 4.78 is 0. The van der Waals surface area contributed by atoms with E-state index in [-0.39, 0.29) is 17.0 Å². The summed E-state index contributed by atoms with van der Waals surface area (Å²) in [4.78, 5) is 22.2. The molecule has 5 heteroatoms. The van der Waals surface area contributed by atoms with Crippen molar-refractivity contribution in [3.05, 3.63) is 27.9 Å². The molecular formula is C16H28N4O. The normalized spacial score (nSPS) is 18.7. The van der Waals surface area contributed by atoms with Gasteiger partial charge in [-0.1, -0.05) is 34.1 Å². The predicted molar refractivity (Wildman–Crippen MR) is 85.6 cm³/mol. The lowest BCUT2D eigenvalue weighted by Crippen LogP contribution is -2.45. The first-order valence-corrected chi connectivity index (χ1v) is 7.98. The number of piperazine rings is 1. The van der Waals surface area contributed by atoms with Crippen LogP contribution in [0.4, 0.5) is 0 Å². The van der Waals surface area contributed by atoms with Gasteiger partial charge < -0.3 is 10.3 Å². The van der Waals surface area contributed by atoms with Crippen molar-refractivity contribution in [2.45, 2.75) is 52.0 Å². The second kappa shape index (κ2) is 6.71. The fourth-order valence-corrected chi connectivity index (χ4v) is 2.78. The van der Waals surface area contributed by atoms with Gasteiger partial charge in [-0.2, -0.15) is 0 Å². The van der Waals surface area contributed by atoms with Crippen LogP contribution in [0.2, 0.25) is 0 Å². The number of H-pyrrole nitrogens is 1. The van der Waals surface area contributed by atoms with Gasteiger partial charge in [-0.3, -0.25) is 9.69 Å². The summed E-state index contributed by atoms with van der Waals surface area (Å²) in [5.74, 6) is 0.830. The van der Waals surface area contributed by atoms with E-state index in [1.165, 1.54) is 0 Å². The molecule has 1 saturated heterocycles. The molecule has 0 aromatic carbocycles. The fourth-order valence-electron chi connectivity index (χ4n) is 2.78. The van der Waals surface area contributed by atoms with Gasteiger partial charge in [0.05, 0.1) is 11.7 Å². The number of nitrogens with one attached hydrogen (secondary N) is 2. The summed E-state index contributed by atoms with van der Waals surface area (Å²) in [6.45, 7) is 12.5. The molecule has 0 radical (unpaired) electrons. The topological polar surface area (TPSA) is 61.0 Å². The zero-order valence-corrected chi connectivity index (χ0v) is 13.7. The summed E-state index contributed by atoms with van der Waals surface area (Å²) in [6, 6.07) is 1.84. The molecule has 1 aromatic heterocycles. The molecule has 21 heavy (non-hydrogen) atoms. The Morgan fingerprint density at radius 1 is 1.33 bits per heavy atom. The number of nitrogens with zero attached hydrogens (tertiary/aromatic N) is 2. The van der Waals surface area contributed by atoms with Gasteiger partial charge in [0.25, 0.3) is 5.56 Å². The lowest BCUT2D eigenvalue weighted by molar-refractivity contribution is 0.157. The molecule has 2 heterocycles. The van der Waals surface area contributed by atoms with Gasteiger partial charge in [0, 0.05) is 37.7 Å². The highest BCUT2D eigenvalue weighted by atomic mass is 16.1. The van der Waals surface area contributed by atoms with Crippen molar-refractivity contribution in [1.82, 2.24) is 20.2 Å². The zero-order chi connectivity index (χ0) is 15.5. The Bertz CT molecular complexity index is 512.